The van der Waals surface area contributed by atoms with E-state index in [1.165, 1.54) is 17.7 Å². The summed E-state index contributed by atoms with van der Waals surface area (Å²) in [6.07, 6.45) is 3.21. The minimum atomic E-state index is -0.953. The van der Waals surface area contributed by atoms with Crippen LogP contribution in [0.3, 0.4) is 0 Å². The van der Waals surface area contributed by atoms with Crippen LogP contribution in [0, 0.1) is 0 Å². The lowest BCUT2D eigenvalue weighted by molar-refractivity contribution is -0.139. The minimum Gasteiger partial charge on any atom is -0.481 e. The van der Waals surface area contributed by atoms with E-state index in [9.17, 15) is 4.79 Å². The highest BCUT2D eigenvalue weighted by atomic mass is 32.2. The summed E-state index contributed by atoms with van der Waals surface area (Å²) in [7, 11) is 0. The molecular formula is C14H15NO3S. The fraction of sp³-hybridized carbons (Fsp3) is 0.357. The van der Waals surface area contributed by atoms with Gasteiger partial charge in [-0.3, -0.25) is 0 Å². The molecule has 1 atom stereocenters. The van der Waals surface area contributed by atoms with E-state index >= 15 is 0 Å². The highest BCUT2D eigenvalue weighted by molar-refractivity contribution is 7.99. The number of carboxylic acid groups (broad SMARTS) is 1. The lowest BCUT2D eigenvalue weighted by atomic mass is 9.98. The van der Waals surface area contributed by atoms with Crippen molar-refractivity contribution in [1.29, 1.82) is 0 Å². The lowest BCUT2D eigenvalue weighted by Gasteiger charge is -2.10. The molecule has 2 heterocycles. The highest BCUT2D eigenvalue weighted by Gasteiger charge is 2.22. The average Bonchev–Trinajstić information content (AvgIpc) is 3.04. The SMILES string of the molecule is O=C(O)COc1cccc2[nH]cc(C3CCSC3)c12. The number of aromatic nitrogens is 1. The zero-order valence-electron chi connectivity index (χ0n) is 10.4. The van der Waals surface area contributed by atoms with Crippen molar-refractivity contribution >= 4 is 28.6 Å². The second kappa shape index (κ2) is 5.17. The van der Waals surface area contributed by atoms with E-state index in [0.29, 0.717) is 11.7 Å². The predicted molar refractivity (Wildman–Crippen MR) is 76.1 cm³/mol. The molecule has 19 heavy (non-hydrogen) atoms. The van der Waals surface area contributed by atoms with Crippen molar-refractivity contribution in [3.05, 3.63) is 30.0 Å². The van der Waals surface area contributed by atoms with E-state index in [1.807, 2.05) is 36.2 Å². The number of hydrogen-bond acceptors (Lipinski definition) is 3. The maximum Gasteiger partial charge on any atom is 0.341 e. The van der Waals surface area contributed by atoms with Gasteiger partial charge in [-0.2, -0.15) is 11.8 Å². The maximum absolute atomic E-state index is 10.7. The summed E-state index contributed by atoms with van der Waals surface area (Å²) in [4.78, 5) is 13.9. The Labute approximate surface area is 115 Å². The van der Waals surface area contributed by atoms with Crippen molar-refractivity contribution in [2.45, 2.75) is 12.3 Å². The molecule has 2 N–H and O–H groups in total. The molecule has 2 aromatic rings. The van der Waals surface area contributed by atoms with Gasteiger partial charge in [0.05, 0.1) is 0 Å². The Hall–Kier alpha value is -1.62. The number of H-pyrrole nitrogens is 1. The topological polar surface area (TPSA) is 62.3 Å². The Morgan fingerprint density at radius 1 is 1.53 bits per heavy atom. The van der Waals surface area contributed by atoms with Gasteiger partial charge in [-0.05, 0) is 35.8 Å². The molecule has 0 spiro atoms. The van der Waals surface area contributed by atoms with Crippen LogP contribution in [0.25, 0.3) is 10.9 Å². The largest absolute Gasteiger partial charge is 0.481 e. The quantitative estimate of drug-likeness (QED) is 0.902. The van der Waals surface area contributed by atoms with E-state index in [-0.39, 0.29) is 6.61 Å². The number of ether oxygens (including phenoxy) is 1. The predicted octanol–water partition coefficient (Wildman–Crippen LogP) is 2.85. The number of nitrogens with one attached hydrogen (secondary N) is 1. The van der Waals surface area contributed by atoms with E-state index in [2.05, 4.69) is 4.98 Å². The molecule has 1 aromatic carbocycles. The summed E-state index contributed by atoms with van der Waals surface area (Å²) in [5.74, 6) is 2.56. The summed E-state index contributed by atoms with van der Waals surface area (Å²) in [5.41, 5.74) is 2.26. The van der Waals surface area contributed by atoms with E-state index in [1.54, 1.807) is 0 Å². The third kappa shape index (κ3) is 2.42. The molecule has 1 saturated heterocycles. The van der Waals surface area contributed by atoms with Crippen LogP contribution in [-0.2, 0) is 4.79 Å². The van der Waals surface area contributed by atoms with Gasteiger partial charge in [-0.1, -0.05) is 6.07 Å². The number of fused-ring (bicyclic) bond motifs is 1. The Morgan fingerprint density at radius 3 is 3.16 bits per heavy atom. The first-order valence-corrected chi connectivity index (χ1v) is 7.43. The van der Waals surface area contributed by atoms with E-state index in [0.717, 1.165) is 16.7 Å². The van der Waals surface area contributed by atoms with Gasteiger partial charge < -0.3 is 14.8 Å². The van der Waals surface area contributed by atoms with Crippen molar-refractivity contribution in [3.63, 3.8) is 0 Å². The van der Waals surface area contributed by atoms with Gasteiger partial charge in [-0.15, -0.1) is 0 Å². The molecule has 1 aliphatic heterocycles. The number of benzene rings is 1. The number of carboxylic acids is 1. The van der Waals surface area contributed by atoms with Crippen LogP contribution in [0.4, 0.5) is 0 Å². The molecule has 1 unspecified atom stereocenters. The molecule has 0 saturated carbocycles. The first-order valence-electron chi connectivity index (χ1n) is 6.28. The first kappa shape index (κ1) is 12.4. The molecule has 5 heteroatoms. The van der Waals surface area contributed by atoms with Crippen LogP contribution < -0.4 is 4.74 Å². The molecule has 0 aliphatic carbocycles. The number of aromatic amines is 1. The smallest absolute Gasteiger partial charge is 0.341 e. The monoisotopic (exact) mass is 277 g/mol. The van der Waals surface area contributed by atoms with Gasteiger partial charge in [0.15, 0.2) is 6.61 Å². The first-order chi connectivity index (χ1) is 9.25. The maximum atomic E-state index is 10.7. The Balaban J connectivity index is 2.00. The summed E-state index contributed by atoms with van der Waals surface area (Å²) in [6.45, 7) is -0.302. The zero-order chi connectivity index (χ0) is 13.2. The van der Waals surface area contributed by atoms with Crippen molar-refractivity contribution in [3.8, 4) is 5.75 Å². The molecule has 100 valence electrons. The standard InChI is InChI=1S/C14H15NO3S/c16-13(17)7-18-12-3-1-2-11-14(12)10(6-15-11)9-4-5-19-8-9/h1-3,6,9,15H,4-5,7-8H2,(H,16,17). The van der Waals surface area contributed by atoms with Crippen molar-refractivity contribution < 1.29 is 14.6 Å². The van der Waals surface area contributed by atoms with E-state index < -0.39 is 5.97 Å². The van der Waals surface area contributed by atoms with Crippen LogP contribution >= 0.6 is 11.8 Å². The highest BCUT2D eigenvalue weighted by Crippen LogP contribution is 2.39. The second-order valence-electron chi connectivity index (χ2n) is 4.67. The van der Waals surface area contributed by atoms with Crippen LogP contribution in [0.2, 0.25) is 0 Å². The van der Waals surface area contributed by atoms with E-state index in [4.69, 9.17) is 9.84 Å². The average molecular weight is 277 g/mol. The molecule has 3 rings (SSSR count). The lowest BCUT2D eigenvalue weighted by Crippen LogP contribution is -2.09. The molecule has 1 aromatic heterocycles. The van der Waals surface area contributed by atoms with Crippen molar-refractivity contribution in [2.75, 3.05) is 18.1 Å². The van der Waals surface area contributed by atoms with Crippen molar-refractivity contribution in [2.24, 2.45) is 0 Å². The fourth-order valence-corrected chi connectivity index (χ4v) is 3.79. The van der Waals surface area contributed by atoms with Crippen LogP contribution in [0.5, 0.6) is 5.75 Å². The van der Waals surface area contributed by atoms with Crippen LogP contribution in [0.1, 0.15) is 17.9 Å². The third-order valence-electron chi connectivity index (χ3n) is 3.42. The van der Waals surface area contributed by atoms with Gasteiger partial charge >= 0.3 is 5.97 Å². The second-order valence-corrected chi connectivity index (χ2v) is 5.82. The van der Waals surface area contributed by atoms with Gasteiger partial charge in [0.2, 0.25) is 0 Å². The molecule has 0 amide bonds. The van der Waals surface area contributed by atoms with Gasteiger partial charge in [0, 0.05) is 22.9 Å². The number of hydrogen-bond donors (Lipinski definition) is 2. The van der Waals surface area contributed by atoms with Crippen LogP contribution in [-0.4, -0.2) is 34.2 Å². The molecule has 1 aliphatic rings. The van der Waals surface area contributed by atoms with Gasteiger partial charge in [0.25, 0.3) is 0 Å². The number of rotatable bonds is 4. The summed E-state index contributed by atoms with van der Waals surface area (Å²) in [5, 5.41) is 9.78. The Morgan fingerprint density at radius 2 is 2.42 bits per heavy atom. The normalized spacial score (nSPS) is 18.8. The molecule has 0 radical (unpaired) electrons. The molecule has 4 nitrogen and oxygen atoms in total. The summed E-state index contributed by atoms with van der Waals surface area (Å²) in [6, 6.07) is 5.71. The zero-order valence-corrected chi connectivity index (χ0v) is 11.2. The van der Waals surface area contributed by atoms with Gasteiger partial charge in [0.1, 0.15) is 5.75 Å². The fourth-order valence-electron chi connectivity index (χ4n) is 2.54. The molecular weight excluding hydrogens is 262 g/mol. The number of carbonyl (C=O) groups is 1. The van der Waals surface area contributed by atoms with Gasteiger partial charge in [-0.25, -0.2) is 4.79 Å². The minimum absolute atomic E-state index is 0.302. The Bertz CT molecular complexity index is 602. The summed E-state index contributed by atoms with van der Waals surface area (Å²) < 4.78 is 5.41. The molecule has 1 fully saturated rings. The number of aliphatic carboxylic acids is 1. The Kier molecular flexibility index (Phi) is 3.38. The third-order valence-corrected chi connectivity index (χ3v) is 4.58. The number of thioether (sulfide) groups is 1. The van der Waals surface area contributed by atoms with Crippen molar-refractivity contribution in [1.82, 2.24) is 4.98 Å². The molecule has 0 bridgehead atoms. The summed E-state index contributed by atoms with van der Waals surface area (Å²) >= 11 is 1.96. The van der Waals surface area contributed by atoms with Crippen LogP contribution in [0.15, 0.2) is 24.4 Å².